The minimum absolute atomic E-state index is 0.275. The first-order chi connectivity index (χ1) is 13.7. The second kappa shape index (κ2) is 7.74. The number of nitrogen functional groups attached to an aromatic ring is 1. The zero-order valence-electron chi connectivity index (χ0n) is 15.7. The van der Waals surface area contributed by atoms with Crippen LogP contribution in [0.4, 0.5) is 15.8 Å². The molecule has 0 aromatic heterocycles. The monoisotopic (exact) mass is 371 g/mol. The molecule has 0 bridgehead atoms. The molecule has 1 saturated heterocycles. The fourth-order valence-electron chi connectivity index (χ4n) is 3.96. The summed E-state index contributed by atoms with van der Waals surface area (Å²) in [5.41, 5.74) is 12.0. The molecule has 0 saturated carbocycles. The van der Waals surface area contributed by atoms with Crippen LogP contribution in [-0.2, 0) is 0 Å². The molecule has 140 valence electrons. The van der Waals surface area contributed by atoms with E-state index in [1.807, 2.05) is 30.3 Å². The van der Waals surface area contributed by atoms with Crippen molar-refractivity contribution >= 4 is 11.4 Å². The fourth-order valence-corrected chi connectivity index (χ4v) is 3.96. The normalized spacial score (nSPS) is 13.9. The average molecular weight is 371 g/mol. The van der Waals surface area contributed by atoms with E-state index in [9.17, 15) is 9.65 Å². The third-order valence-corrected chi connectivity index (χ3v) is 5.37. The van der Waals surface area contributed by atoms with Gasteiger partial charge in [-0.15, -0.1) is 0 Å². The first-order valence-electron chi connectivity index (χ1n) is 9.62. The van der Waals surface area contributed by atoms with E-state index in [1.165, 1.54) is 18.6 Å². The standard InChI is InChI=1S/C24H22FN3/c25-19-11-9-17(10-12-19)20-15-22(28-13-5-2-6-14-28)21(16-26)24(27)23(20)18-7-3-1-4-8-18/h1,3-4,7-12,15H,2,5-6,13-14,27H2. The summed E-state index contributed by atoms with van der Waals surface area (Å²) in [6, 6.07) is 20.7. The molecule has 2 N–H and O–H groups in total. The first kappa shape index (κ1) is 18.1. The van der Waals surface area contributed by atoms with Crippen molar-refractivity contribution in [1.82, 2.24) is 0 Å². The van der Waals surface area contributed by atoms with Gasteiger partial charge >= 0.3 is 0 Å². The lowest BCUT2D eigenvalue weighted by Crippen LogP contribution is -2.30. The van der Waals surface area contributed by atoms with Crippen LogP contribution in [0.25, 0.3) is 22.3 Å². The molecule has 4 rings (SSSR count). The van der Waals surface area contributed by atoms with Gasteiger partial charge in [-0.3, -0.25) is 0 Å². The summed E-state index contributed by atoms with van der Waals surface area (Å²) in [4.78, 5) is 2.25. The lowest BCUT2D eigenvalue weighted by atomic mass is 9.89. The molecule has 1 heterocycles. The molecular formula is C24H22FN3. The van der Waals surface area contributed by atoms with Gasteiger partial charge in [-0.1, -0.05) is 42.5 Å². The van der Waals surface area contributed by atoms with Crippen molar-refractivity contribution < 1.29 is 4.39 Å². The lowest BCUT2D eigenvalue weighted by Gasteiger charge is -2.31. The lowest BCUT2D eigenvalue weighted by molar-refractivity contribution is 0.577. The maximum atomic E-state index is 13.5. The third-order valence-electron chi connectivity index (χ3n) is 5.37. The molecule has 3 aromatic carbocycles. The summed E-state index contributed by atoms with van der Waals surface area (Å²) in [6.45, 7) is 1.84. The quantitative estimate of drug-likeness (QED) is 0.609. The third kappa shape index (κ3) is 3.32. The van der Waals surface area contributed by atoms with Crippen molar-refractivity contribution in [1.29, 1.82) is 5.26 Å². The number of rotatable bonds is 3. The molecule has 0 spiro atoms. The summed E-state index contributed by atoms with van der Waals surface area (Å²) in [5.74, 6) is -0.275. The summed E-state index contributed by atoms with van der Waals surface area (Å²) < 4.78 is 13.5. The Bertz CT molecular complexity index is 1010. The molecule has 0 aliphatic carbocycles. The number of hydrogen-bond acceptors (Lipinski definition) is 3. The predicted molar refractivity (Wildman–Crippen MR) is 112 cm³/mol. The van der Waals surface area contributed by atoms with Gasteiger partial charge in [-0.05, 0) is 54.2 Å². The molecule has 1 aliphatic heterocycles. The van der Waals surface area contributed by atoms with E-state index in [4.69, 9.17) is 5.73 Å². The van der Waals surface area contributed by atoms with Crippen molar-refractivity contribution in [3.05, 3.63) is 72.0 Å². The van der Waals surface area contributed by atoms with Gasteiger partial charge in [0.05, 0.1) is 16.9 Å². The molecular weight excluding hydrogens is 349 g/mol. The van der Waals surface area contributed by atoms with Crippen molar-refractivity contribution in [2.24, 2.45) is 0 Å². The minimum Gasteiger partial charge on any atom is -0.397 e. The SMILES string of the molecule is N#Cc1c(N2CCCCC2)cc(-c2ccc(F)cc2)c(-c2ccccc2)c1N. The molecule has 3 aromatic rings. The molecule has 1 aliphatic rings. The van der Waals surface area contributed by atoms with E-state index < -0.39 is 0 Å². The van der Waals surface area contributed by atoms with Gasteiger partial charge in [0.25, 0.3) is 0 Å². The largest absolute Gasteiger partial charge is 0.397 e. The van der Waals surface area contributed by atoms with Crippen molar-refractivity contribution in [2.45, 2.75) is 19.3 Å². The van der Waals surface area contributed by atoms with Crippen LogP contribution in [0, 0.1) is 17.1 Å². The van der Waals surface area contributed by atoms with Gasteiger partial charge in [0.2, 0.25) is 0 Å². The van der Waals surface area contributed by atoms with Crippen molar-refractivity contribution in [2.75, 3.05) is 23.7 Å². The molecule has 0 unspecified atom stereocenters. The molecule has 28 heavy (non-hydrogen) atoms. The van der Waals surface area contributed by atoms with E-state index in [0.717, 1.165) is 53.9 Å². The van der Waals surface area contributed by atoms with E-state index >= 15 is 0 Å². The second-order valence-electron chi connectivity index (χ2n) is 7.14. The van der Waals surface area contributed by atoms with Crippen LogP contribution < -0.4 is 10.6 Å². The van der Waals surface area contributed by atoms with Gasteiger partial charge in [0.1, 0.15) is 11.9 Å². The van der Waals surface area contributed by atoms with Crippen LogP contribution in [0.3, 0.4) is 0 Å². The van der Waals surface area contributed by atoms with Gasteiger partial charge in [-0.25, -0.2) is 4.39 Å². The summed E-state index contributed by atoms with van der Waals surface area (Å²) in [7, 11) is 0. The number of anilines is 2. The summed E-state index contributed by atoms with van der Waals surface area (Å²) >= 11 is 0. The van der Waals surface area contributed by atoms with Crippen LogP contribution in [0.15, 0.2) is 60.7 Å². The number of nitrogens with two attached hydrogens (primary N) is 1. The maximum Gasteiger partial charge on any atom is 0.123 e. The maximum absolute atomic E-state index is 13.5. The van der Waals surface area contributed by atoms with Gasteiger partial charge in [-0.2, -0.15) is 5.26 Å². The second-order valence-corrected chi connectivity index (χ2v) is 7.14. The van der Waals surface area contributed by atoms with Gasteiger partial charge < -0.3 is 10.6 Å². The number of piperidine rings is 1. The van der Waals surface area contributed by atoms with Crippen LogP contribution in [0.1, 0.15) is 24.8 Å². The highest BCUT2D eigenvalue weighted by atomic mass is 19.1. The fraction of sp³-hybridized carbons (Fsp3) is 0.208. The molecule has 0 radical (unpaired) electrons. The van der Waals surface area contributed by atoms with Crippen LogP contribution in [0.5, 0.6) is 0 Å². The Hall–Kier alpha value is -3.32. The topological polar surface area (TPSA) is 53.0 Å². The van der Waals surface area contributed by atoms with E-state index in [-0.39, 0.29) is 5.82 Å². The number of nitrogens with zero attached hydrogens (tertiary/aromatic N) is 2. The number of halogens is 1. The van der Waals surface area contributed by atoms with Crippen LogP contribution >= 0.6 is 0 Å². The Labute approximate surface area is 164 Å². The number of hydrogen-bond donors (Lipinski definition) is 1. The van der Waals surface area contributed by atoms with E-state index in [2.05, 4.69) is 17.0 Å². The molecule has 3 nitrogen and oxygen atoms in total. The zero-order chi connectivity index (χ0) is 19.5. The highest BCUT2D eigenvalue weighted by Gasteiger charge is 2.22. The highest BCUT2D eigenvalue weighted by molar-refractivity contribution is 5.97. The molecule has 0 amide bonds. The Morgan fingerprint density at radius 1 is 0.893 bits per heavy atom. The Balaban J connectivity index is 1.99. The number of nitriles is 1. The average Bonchev–Trinajstić information content (AvgIpc) is 2.75. The van der Waals surface area contributed by atoms with Gasteiger partial charge in [0.15, 0.2) is 0 Å². The van der Waals surface area contributed by atoms with E-state index in [1.54, 1.807) is 12.1 Å². The van der Waals surface area contributed by atoms with Crippen LogP contribution in [-0.4, -0.2) is 13.1 Å². The van der Waals surface area contributed by atoms with Gasteiger partial charge in [0, 0.05) is 18.7 Å². The number of benzene rings is 3. The first-order valence-corrected chi connectivity index (χ1v) is 9.62. The predicted octanol–water partition coefficient (Wildman–Crippen LogP) is 5.60. The molecule has 1 fully saturated rings. The Morgan fingerprint density at radius 2 is 1.57 bits per heavy atom. The highest BCUT2D eigenvalue weighted by Crippen LogP contribution is 2.43. The van der Waals surface area contributed by atoms with E-state index in [0.29, 0.717) is 11.3 Å². The Morgan fingerprint density at radius 3 is 2.21 bits per heavy atom. The minimum atomic E-state index is -0.275. The van der Waals surface area contributed by atoms with Crippen molar-refractivity contribution in [3.8, 4) is 28.3 Å². The van der Waals surface area contributed by atoms with Crippen molar-refractivity contribution in [3.63, 3.8) is 0 Å². The Kier molecular flexibility index (Phi) is 4.99. The van der Waals surface area contributed by atoms with Crippen LogP contribution in [0.2, 0.25) is 0 Å². The summed E-state index contributed by atoms with van der Waals surface area (Å²) in [5, 5.41) is 9.89. The smallest absolute Gasteiger partial charge is 0.123 e. The summed E-state index contributed by atoms with van der Waals surface area (Å²) in [6.07, 6.45) is 3.43. The molecule has 4 heteroatoms. The zero-order valence-corrected chi connectivity index (χ0v) is 15.7. The molecule has 0 atom stereocenters.